The van der Waals surface area contributed by atoms with Gasteiger partial charge in [0.25, 0.3) is 0 Å². The summed E-state index contributed by atoms with van der Waals surface area (Å²) < 4.78 is 0. The van der Waals surface area contributed by atoms with Crippen molar-refractivity contribution in [3.63, 3.8) is 0 Å². The Labute approximate surface area is 78.1 Å². The van der Waals surface area contributed by atoms with Gasteiger partial charge >= 0.3 is 0 Å². The number of amides is 1. The lowest BCUT2D eigenvalue weighted by Crippen LogP contribution is -2.38. The number of nitrogens with one attached hydrogen (secondary N) is 1. The van der Waals surface area contributed by atoms with E-state index in [-0.39, 0.29) is 11.8 Å². The van der Waals surface area contributed by atoms with Crippen LogP contribution in [0.4, 0.5) is 0 Å². The van der Waals surface area contributed by atoms with Crippen molar-refractivity contribution >= 4 is 17.5 Å². The van der Waals surface area contributed by atoms with E-state index >= 15 is 0 Å². The number of alkyl halides is 1. The third kappa shape index (κ3) is 2.64. The van der Waals surface area contributed by atoms with Crippen molar-refractivity contribution in [2.45, 2.75) is 18.9 Å². The molecule has 12 heavy (non-hydrogen) atoms. The maximum atomic E-state index is 10.8. The van der Waals surface area contributed by atoms with Gasteiger partial charge < -0.3 is 10.2 Å². The number of carbonyl (C=O) groups excluding carboxylic acids is 1. The Morgan fingerprint density at radius 3 is 3.00 bits per heavy atom. The molecule has 1 N–H and O–H groups in total. The highest BCUT2D eigenvalue weighted by atomic mass is 35.5. The van der Waals surface area contributed by atoms with Crippen molar-refractivity contribution in [1.29, 1.82) is 0 Å². The van der Waals surface area contributed by atoms with Crippen molar-refractivity contribution in [2.75, 3.05) is 26.0 Å². The molecule has 1 atom stereocenters. The van der Waals surface area contributed by atoms with Crippen LogP contribution in [0.3, 0.4) is 0 Å². The Hall–Kier alpha value is -0.280. The van der Waals surface area contributed by atoms with E-state index in [9.17, 15) is 4.79 Å². The number of carbonyl (C=O) groups is 1. The fourth-order valence-corrected chi connectivity index (χ4v) is 1.61. The van der Waals surface area contributed by atoms with Crippen LogP contribution in [-0.4, -0.2) is 42.9 Å². The van der Waals surface area contributed by atoms with Gasteiger partial charge in [-0.2, -0.15) is 0 Å². The van der Waals surface area contributed by atoms with Crippen LogP contribution in [-0.2, 0) is 4.79 Å². The van der Waals surface area contributed by atoms with Crippen LogP contribution in [0.15, 0.2) is 0 Å². The second-order valence-electron chi connectivity index (χ2n) is 3.21. The molecule has 1 rings (SSSR count). The Balaban J connectivity index is 2.18. The number of hydrogen-bond acceptors (Lipinski definition) is 2. The quantitative estimate of drug-likeness (QED) is 0.655. The van der Waals surface area contributed by atoms with E-state index in [0.29, 0.717) is 6.04 Å². The molecule has 1 amide bonds. The largest absolute Gasteiger partial charge is 0.353 e. The van der Waals surface area contributed by atoms with E-state index in [1.165, 1.54) is 12.8 Å². The minimum Gasteiger partial charge on any atom is -0.353 e. The van der Waals surface area contributed by atoms with Crippen molar-refractivity contribution < 1.29 is 4.79 Å². The van der Waals surface area contributed by atoms with Gasteiger partial charge in [-0.15, -0.1) is 11.6 Å². The standard InChI is InChI=1S/C8H15ClN2O/c1-11-4-2-3-7(11)6-10-8(12)5-9/h7H,2-6H2,1H3,(H,10,12). The first-order chi connectivity index (χ1) is 5.74. The molecule has 1 heterocycles. The van der Waals surface area contributed by atoms with Gasteiger partial charge in [-0.05, 0) is 26.4 Å². The molecule has 0 saturated carbocycles. The highest BCUT2D eigenvalue weighted by Crippen LogP contribution is 2.13. The molecule has 3 nitrogen and oxygen atoms in total. The Bertz CT molecular complexity index is 163. The summed E-state index contributed by atoms with van der Waals surface area (Å²) in [6, 6.07) is 0.511. The minimum absolute atomic E-state index is 0.0659. The first-order valence-corrected chi connectivity index (χ1v) is 4.80. The summed E-state index contributed by atoms with van der Waals surface area (Å²) in [5, 5.41) is 2.79. The number of nitrogens with zero attached hydrogens (tertiary/aromatic N) is 1. The molecule has 0 aromatic rings. The lowest BCUT2D eigenvalue weighted by atomic mass is 10.2. The lowest BCUT2D eigenvalue weighted by molar-refractivity contribution is -0.118. The molecule has 0 bridgehead atoms. The third-order valence-electron chi connectivity index (χ3n) is 2.33. The maximum Gasteiger partial charge on any atom is 0.234 e. The van der Waals surface area contributed by atoms with Crippen LogP contribution < -0.4 is 5.32 Å². The van der Waals surface area contributed by atoms with Gasteiger partial charge in [0.2, 0.25) is 5.91 Å². The van der Waals surface area contributed by atoms with Crippen molar-refractivity contribution in [1.82, 2.24) is 10.2 Å². The number of hydrogen-bond donors (Lipinski definition) is 1. The zero-order chi connectivity index (χ0) is 8.97. The zero-order valence-electron chi connectivity index (χ0n) is 7.35. The van der Waals surface area contributed by atoms with E-state index in [4.69, 9.17) is 11.6 Å². The molecule has 0 spiro atoms. The number of likely N-dealkylation sites (N-methyl/N-ethyl adjacent to an activating group) is 1. The SMILES string of the molecule is CN1CCCC1CNC(=O)CCl. The first-order valence-electron chi connectivity index (χ1n) is 4.27. The molecule has 0 aliphatic carbocycles. The van der Waals surface area contributed by atoms with E-state index < -0.39 is 0 Å². The molecular weight excluding hydrogens is 176 g/mol. The Morgan fingerprint density at radius 2 is 2.50 bits per heavy atom. The topological polar surface area (TPSA) is 32.3 Å². The molecule has 1 aliphatic rings. The second kappa shape index (κ2) is 4.67. The molecule has 1 aliphatic heterocycles. The number of rotatable bonds is 3. The van der Waals surface area contributed by atoms with Gasteiger partial charge in [0.15, 0.2) is 0 Å². The van der Waals surface area contributed by atoms with Crippen molar-refractivity contribution in [3.8, 4) is 0 Å². The molecule has 70 valence electrons. The predicted molar refractivity (Wildman–Crippen MR) is 49.4 cm³/mol. The second-order valence-corrected chi connectivity index (χ2v) is 3.48. The average Bonchev–Trinajstić information content (AvgIpc) is 2.47. The summed E-state index contributed by atoms with van der Waals surface area (Å²) >= 11 is 5.35. The molecule has 0 aromatic carbocycles. The molecule has 0 aromatic heterocycles. The summed E-state index contributed by atoms with van der Waals surface area (Å²) in [6.45, 7) is 1.88. The van der Waals surface area contributed by atoms with Crippen LogP contribution in [0.5, 0.6) is 0 Å². The predicted octanol–water partition coefficient (Wildman–Crippen LogP) is 0.436. The van der Waals surface area contributed by atoms with E-state index in [1.807, 2.05) is 0 Å². The molecule has 1 saturated heterocycles. The molecule has 1 unspecified atom stereocenters. The number of halogens is 1. The zero-order valence-corrected chi connectivity index (χ0v) is 8.10. The number of likely N-dealkylation sites (tertiary alicyclic amines) is 1. The van der Waals surface area contributed by atoms with Crippen LogP contribution in [0.2, 0.25) is 0 Å². The summed E-state index contributed by atoms with van der Waals surface area (Å²) in [5.41, 5.74) is 0. The fraction of sp³-hybridized carbons (Fsp3) is 0.875. The summed E-state index contributed by atoms with van der Waals surface area (Å²) in [6.07, 6.45) is 2.41. The van der Waals surface area contributed by atoms with Gasteiger partial charge in [0, 0.05) is 12.6 Å². The van der Waals surface area contributed by atoms with Gasteiger partial charge in [-0.1, -0.05) is 0 Å². The Morgan fingerprint density at radius 1 is 1.75 bits per heavy atom. The average molecular weight is 191 g/mol. The monoisotopic (exact) mass is 190 g/mol. The van der Waals surface area contributed by atoms with E-state index in [0.717, 1.165) is 13.1 Å². The Kier molecular flexibility index (Phi) is 3.82. The van der Waals surface area contributed by atoms with Gasteiger partial charge in [0.05, 0.1) is 0 Å². The van der Waals surface area contributed by atoms with E-state index in [2.05, 4.69) is 17.3 Å². The normalized spacial score (nSPS) is 24.3. The van der Waals surface area contributed by atoms with Crippen LogP contribution in [0.1, 0.15) is 12.8 Å². The van der Waals surface area contributed by atoms with Crippen LogP contribution in [0, 0.1) is 0 Å². The van der Waals surface area contributed by atoms with Gasteiger partial charge in [0.1, 0.15) is 5.88 Å². The molecule has 1 fully saturated rings. The van der Waals surface area contributed by atoms with Crippen LogP contribution in [0.25, 0.3) is 0 Å². The molecule has 4 heteroatoms. The first kappa shape index (κ1) is 9.81. The summed E-state index contributed by atoms with van der Waals surface area (Å²) in [5.74, 6) is -0.00635. The van der Waals surface area contributed by atoms with E-state index in [1.54, 1.807) is 0 Å². The molecular formula is C8H15ClN2O. The lowest BCUT2D eigenvalue weighted by Gasteiger charge is -2.19. The van der Waals surface area contributed by atoms with Crippen LogP contribution >= 0.6 is 11.6 Å². The minimum atomic E-state index is -0.0723. The van der Waals surface area contributed by atoms with Gasteiger partial charge in [-0.3, -0.25) is 4.79 Å². The maximum absolute atomic E-state index is 10.8. The third-order valence-corrected chi connectivity index (χ3v) is 2.57. The fourth-order valence-electron chi connectivity index (χ4n) is 1.52. The van der Waals surface area contributed by atoms with Gasteiger partial charge in [-0.25, -0.2) is 0 Å². The highest BCUT2D eigenvalue weighted by Gasteiger charge is 2.20. The molecule has 0 radical (unpaired) electrons. The van der Waals surface area contributed by atoms with Crippen molar-refractivity contribution in [3.05, 3.63) is 0 Å². The smallest absolute Gasteiger partial charge is 0.234 e. The summed E-state index contributed by atoms with van der Waals surface area (Å²) in [7, 11) is 2.09. The van der Waals surface area contributed by atoms with Crippen molar-refractivity contribution in [2.24, 2.45) is 0 Å². The highest BCUT2D eigenvalue weighted by molar-refractivity contribution is 6.27. The summed E-state index contributed by atoms with van der Waals surface area (Å²) in [4.78, 5) is 13.1.